The second kappa shape index (κ2) is 5.17. The van der Waals surface area contributed by atoms with Crippen LogP contribution in [0.4, 0.5) is 0 Å². The first-order chi connectivity index (χ1) is 7.50. The minimum atomic E-state index is -0.191. The van der Waals surface area contributed by atoms with Crippen LogP contribution in [0.1, 0.15) is 5.48 Å². The van der Waals surface area contributed by atoms with Crippen LogP contribution in [0.15, 0.2) is 28.6 Å². The fraction of sp³-hybridized carbons (Fsp3) is 0.333. The molecule has 0 N–H and O–H groups in total. The molecule has 0 amide bonds. The Morgan fingerprint density at radius 3 is 2.58 bits per heavy atom. The molecule has 3 heteroatoms. The topological polar surface area (TPSA) is 18.5 Å². The van der Waals surface area contributed by atoms with Crippen molar-refractivity contribution in [3.63, 3.8) is 0 Å². The maximum absolute atomic E-state index is 7.62. The highest BCUT2D eigenvalue weighted by Crippen LogP contribution is 2.15. The van der Waals surface area contributed by atoms with E-state index in [1.54, 1.807) is 0 Å². The predicted molar refractivity (Wildman–Crippen MR) is 51.5 cm³/mol. The number of ether oxygens (including phenoxy) is 2. The molecular formula is C9H11BrO2. The smallest absolute Gasteiger partial charge is 0.119 e. The highest BCUT2D eigenvalue weighted by atomic mass is 79.9. The molecule has 1 aromatic rings. The molecule has 0 saturated carbocycles. The largest absolute Gasteiger partial charge is 0.491 e. The maximum atomic E-state index is 7.62. The lowest BCUT2D eigenvalue weighted by Crippen LogP contribution is -2.03. The summed E-state index contributed by atoms with van der Waals surface area (Å²) in [6.07, 6.45) is 0. The van der Waals surface area contributed by atoms with Crippen LogP contribution in [-0.4, -0.2) is 20.3 Å². The molecule has 0 fully saturated rings. The summed E-state index contributed by atoms with van der Waals surface area (Å²) in [6.45, 7) is 0.518. The molecule has 0 heterocycles. The Bertz CT molecular complexity index is 369. The Balaban J connectivity index is 3.08. The van der Waals surface area contributed by atoms with Crippen molar-refractivity contribution in [2.45, 2.75) is 0 Å². The minimum absolute atomic E-state index is 0.0461. The highest BCUT2D eigenvalue weighted by molar-refractivity contribution is 9.10. The molecule has 0 radical (unpaired) electrons. The Morgan fingerprint density at radius 2 is 2.00 bits per heavy atom. The second-order valence-electron chi connectivity index (χ2n) is 1.98. The number of hydrogen-bond donors (Lipinski definition) is 0. The fourth-order valence-corrected chi connectivity index (χ4v) is 0.783. The molecule has 0 unspecified atom stereocenters. The van der Waals surface area contributed by atoms with Gasteiger partial charge < -0.3 is 9.47 Å². The molecule has 1 aromatic carbocycles. The summed E-state index contributed by atoms with van der Waals surface area (Å²) < 4.78 is 40.4. The molecule has 0 aliphatic heterocycles. The van der Waals surface area contributed by atoms with E-state index in [0.29, 0.717) is 6.61 Å². The molecule has 0 bridgehead atoms. The molecule has 0 aliphatic rings. The van der Waals surface area contributed by atoms with Gasteiger partial charge in [-0.05, 0) is 24.2 Å². The van der Waals surface area contributed by atoms with E-state index in [4.69, 9.17) is 15.0 Å². The summed E-state index contributed by atoms with van der Waals surface area (Å²) in [5.74, 6) is -0.0461. The second-order valence-corrected chi connectivity index (χ2v) is 2.78. The van der Waals surface area contributed by atoms with Crippen LogP contribution in [0.5, 0.6) is 5.75 Å². The Hall–Kier alpha value is -0.540. The average molecular weight is 235 g/mol. The molecular weight excluding hydrogens is 220 g/mol. The van der Waals surface area contributed by atoms with Crippen LogP contribution in [0, 0.1) is 0 Å². The molecule has 12 heavy (non-hydrogen) atoms. The van der Waals surface area contributed by atoms with Gasteiger partial charge in [-0.3, -0.25) is 0 Å². The van der Waals surface area contributed by atoms with Crippen molar-refractivity contribution in [1.29, 1.82) is 0 Å². The van der Waals surface area contributed by atoms with E-state index in [-0.39, 0.29) is 41.0 Å². The van der Waals surface area contributed by atoms with Gasteiger partial charge in [0.25, 0.3) is 0 Å². The van der Waals surface area contributed by atoms with Gasteiger partial charge in [-0.1, -0.05) is 15.9 Å². The van der Waals surface area contributed by atoms with Gasteiger partial charge in [0.15, 0.2) is 0 Å². The van der Waals surface area contributed by atoms with Crippen LogP contribution in [0.2, 0.25) is 0 Å². The zero-order valence-electron chi connectivity index (χ0n) is 10.6. The van der Waals surface area contributed by atoms with E-state index in [2.05, 4.69) is 15.9 Å². The van der Waals surface area contributed by atoms with Gasteiger partial charge in [0.05, 0.1) is 12.1 Å². The average Bonchev–Trinajstić information content (AvgIpc) is 2.28. The van der Waals surface area contributed by atoms with Crippen LogP contribution in [0.3, 0.4) is 0 Å². The van der Waals surface area contributed by atoms with Crippen LogP contribution in [-0.2, 0) is 4.74 Å². The third kappa shape index (κ3) is 3.24. The third-order valence-corrected chi connectivity index (χ3v) is 1.50. The van der Waals surface area contributed by atoms with Crippen molar-refractivity contribution in [2.24, 2.45) is 0 Å². The molecule has 0 spiro atoms. The Kier molecular flexibility index (Phi) is 2.26. The summed E-state index contributed by atoms with van der Waals surface area (Å²) in [6, 6.07) is -0.671. The van der Waals surface area contributed by atoms with Crippen molar-refractivity contribution in [1.82, 2.24) is 0 Å². The van der Waals surface area contributed by atoms with Gasteiger partial charge in [0.1, 0.15) is 12.4 Å². The van der Waals surface area contributed by atoms with Crippen molar-refractivity contribution in [2.75, 3.05) is 20.3 Å². The van der Waals surface area contributed by atoms with E-state index in [1.807, 2.05) is 0 Å². The summed E-state index contributed by atoms with van der Waals surface area (Å²) in [5, 5.41) is 0. The van der Waals surface area contributed by atoms with Gasteiger partial charge in [0.2, 0.25) is 0 Å². The number of hydrogen-bond acceptors (Lipinski definition) is 2. The summed E-state index contributed by atoms with van der Waals surface area (Å²) in [5.41, 5.74) is 0. The third-order valence-electron chi connectivity index (χ3n) is 1.11. The van der Waals surface area contributed by atoms with E-state index in [1.165, 1.54) is 7.11 Å². The van der Waals surface area contributed by atoms with Crippen LogP contribution >= 0.6 is 15.9 Å². The number of benzene rings is 1. The normalized spacial score (nSPS) is 14.5. The Labute approximate surface area is 86.2 Å². The van der Waals surface area contributed by atoms with Gasteiger partial charge in [-0.2, -0.15) is 0 Å². The van der Waals surface area contributed by atoms with Crippen molar-refractivity contribution < 1.29 is 15.0 Å². The SMILES string of the molecule is [2H]c1c([2H])c(OCCOC)c([2H])c([2H])c1Br. The molecule has 66 valence electrons. The van der Waals surface area contributed by atoms with Crippen LogP contribution in [0.25, 0.3) is 0 Å². The predicted octanol–water partition coefficient (Wildman–Crippen LogP) is 2.47. The number of rotatable bonds is 4. The summed E-state index contributed by atoms with van der Waals surface area (Å²) in [7, 11) is 1.51. The van der Waals surface area contributed by atoms with E-state index < -0.39 is 0 Å². The van der Waals surface area contributed by atoms with Gasteiger partial charge in [-0.15, -0.1) is 0 Å². The van der Waals surface area contributed by atoms with Crippen molar-refractivity contribution in [3.8, 4) is 5.75 Å². The molecule has 1 rings (SSSR count). The molecule has 0 aliphatic carbocycles. The quantitative estimate of drug-likeness (QED) is 0.746. The Morgan fingerprint density at radius 1 is 1.33 bits per heavy atom. The van der Waals surface area contributed by atoms with Gasteiger partial charge in [0, 0.05) is 11.6 Å². The summed E-state index contributed by atoms with van der Waals surface area (Å²) in [4.78, 5) is 0. The minimum Gasteiger partial charge on any atom is -0.491 e. The standard InChI is InChI=1S/C9H11BrO2/c1-11-6-7-12-9-4-2-8(10)3-5-9/h2-5H,6-7H2,1H3/i2D,3D,4D,5D. The van der Waals surface area contributed by atoms with Crippen molar-refractivity contribution in [3.05, 3.63) is 28.6 Å². The van der Waals surface area contributed by atoms with Crippen molar-refractivity contribution >= 4 is 15.9 Å². The molecule has 0 atom stereocenters. The molecule has 2 nitrogen and oxygen atoms in total. The van der Waals surface area contributed by atoms with Crippen LogP contribution < -0.4 is 4.74 Å². The first-order valence-electron chi connectivity index (χ1n) is 5.38. The lowest BCUT2D eigenvalue weighted by molar-refractivity contribution is 0.146. The van der Waals surface area contributed by atoms with E-state index >= 15 is 0 Å². The first-order valence-corrected chi connectivity index (χ1v) is 4.17. The lowest BCUT2D eigenvalue weighted by atomic mass is 10.3. The monoisotopic (exact) mass is 234 g/mol. The molecule has 0 aromatic heterocycles. The molecule has 0 saturated heterocycles. The van der Waals surface area contributed by atoms with Gasteiger partial charge >= 0.3 is 0 Å². The van der Waals surface area contributed by atoms with E-state index in [0.717, 1.165) is 0 Å². The number of halogens is 1. The lowest BCUT2D eigenvalue weighted by Gasteiger charge is -2.04. The zero-order chi connectivity index (χ0) is 12.3. The first kappa shape index (κ1) is 5.25. The highest BCUT2D eigenvalue weighted by Gasteiger charge is 1.91. The maximum Gasteiger partial charge on any atom is 0.119 e. The van der Waals surface area contributed by atoms with E-state index in [9.17, 15) is 0 Å². The fourth-order valence-electron chi connectivity index (χ4n) is 0.585. The van der Waals surface area contributed by atoms with Gasteiger partial charge in [-0.25, -0.2) is 0 Å². The summed E-state index contributed by atoms with van der Waals surface area (Å²) >= 11 is 3.00. The number of methoxy groups -OCH3 is 1. The zero-order valence-corrected chi connectivity index (χ0v) is 8.19.